The van der Waals surface area contributed by atoms with Gasteiger partial charge in [-0.3, -0.25) is 4.84 Å². The summed E-state index contributed by atoms with van der Waals surface area (Å²) in [5, 5.41) is 1.74. The molecule has 0 spiro atoms. The van der Waals surface area contributed by atoms with Gasteiger partial charge in [-0.15, -0.1) is 0 Å². The minimum Gasteiger partial charge on any atom is -0.301 e. The van der Waals surface area contributed by atoms with E-state index in [0.29, 0.717) is 12.5 Å². The fraction of sp³-hybridized carbons (Fsp3) is 0.316. The molecule has 0 aliphatic heterocycles. The first-order valence-corrected chi connectivity index (χ1v) is 7.67. The molecular weight excluding hydrogens is 274 g/mol. The van der Waals surface area contributed by atoms with Crippen LogP contribution in [0.1, 0.15) is 25.8 Å². The molecule has 22 heavy (non-hydrogen) atoms. The van der Waals surface area contributed by atoms with Crippen LogP contribution in [0.5, 0.6) is 0 Å². The zero-order valence-corrected chi connectivity index (χ0v) is 13.2. The Morgan fingerprint density at radius 3 is 2.14 bits per heavy atom. The molecule has 0 heterocycles. The summed E-state index contributed by atoms with van der Waals surface area (Å²) in [7, 11) is 0. The molecule has 0 saturated carbocycles. The molecule has 1 atom stereocenters. The van der Waals surface area contributed by atoms with Crippen LogP contribution in [0.4, 0.5) is 5.69 Å². The summed E-state index contributed by atoms with van der Waals surface area (Å²) in [5.41, 5.74) is 1.98. The molecule has 0 aliphatic carbocycles. The number of aldehydes is 1. The largest absolute Gasteiger partial charge is 0.301 e. The quantitative estimate of drug-likeness (QED) is 0.539. The predicted octanol–water partition coefficient (Wildman–Crippen LogP) is 4.24. The molecule has 0 aliphatic rings. The summed E-state index contributed by atoms with van der Waals surface area (Å²) in [5.74, 6) is 0.418. The number of hydroxylamine groups is 1. The van der Waals surface area contributed by atoms with Gasteiger partial charge in [0.2, 0.25) is 0 Å². The summed E-state index contributed by atoms with van der Waals surface area (Å²) in [4.78, 5) is 17.5. The topological polar surface area (TPSA) is 29.5 Å². The van der Waals surface area contributed by atoms with E-state index < -0.39 is 0 Å². The standard InChI is InChI=1S/C19H23NO2/c1-16(2)13-19(14-21)20(18-11-7-4-8-12-18)22-15-17-9-5-3-6-10-17/h3-12,14,16,19H,13,15H2,1-2H3/t19-/m0/s1. The van der Waals surface area contributed by atoms with Crippen molar-refractivity contribution in [3.05, 3.63) is 66.2 Å². The zero-order valence-electron chi connectivity index (χ0n) is 13.2. The normalized spacial score (nSPS) is 12.1. The molecule has 116 valence electrons. The van der Waals surface area contributed by atoms with Crippen molar-refractivity contribution in [1.82, 2.24) is 0 Å². The first-order valence-electron chi connectivity index (χ1n) is 7.67. The van der Waals surface area contributed by atoms with Crippen molar-refractivity contribution in [3.63, 3.8) is 0 Å². The number of hydrogen-bond acceptors (Lipinski definition) is 3. The van der Waals surface area contributed by atoms with Gasteiger partial charge in [0.1, 0.15) is 12.3 Å². The molecule has 2 aromatic carbocycles. The molecule has 3 nitrogen and oxygen atoms in total. The van der Waals surface area contributed by atoms with Crippen LogP contribution in [0.15, 0.2) is 60.7 Å². The number of carbonyl (C=O) groups excluding carboxylic acids is 1. The first-order chi connectivity index (χ1) is 10.7. The molecule has 0 amide bonds. The van der Waals surface area contributed by atoms with Gasteiger partial charge < -0.3 is 4.79 Å². The second kappa shape index (κ2) is 8.35. The van der Waals surface area contributed by atoms with Crippen LogP contribution < -0.4 is 5.06 Å². The second-order valence-electron chi connectivity index (χ2n) is 5.75. The monoisotopic (exact) mass is 297 g/mol. The van der Waals surface area contributed by atoms with E-state index in [4.69, 9.17) is 4.84 Å². The average Bonchev–Trinajstić information content (AvgIpc) is 2.55. The number of rotatable bonds is 8. The van der Waals surface area contributed by atoms with E-state index in [2.05, 4.69) is 13.8 Å². The Balaban J connectivity index is 2.15. The molecule has 3 heteroatoms. The fourth-order valence-electron chi connectivity index (χ4n) is 2.34. The van der Waals surface area contributed by atoms with Crippen molar-refractivity contribution < 1.29 is 9.63 Å². The van der Waals surface area contributed by atoms with E-state index in [1.165, 1.54) is 0 Å². The smallest absolute Gasteiger partial charge is 0.145 e. The Morgan fingerprint density at radius 2 is 1.59 bits per heavy atom. The van der Waals surface area contributed by atoms with Crippen LogP contribution >= 0.6 is 0 Å². The highest BCUT2D eigenvalue weighted by Gasteiger charge is 2.20. The lowest BCUT2D eigenvalue weighted by molar-refractivity contribution is -0.111. The van der Waals surface area contributed by atoms with Gasteiger partial charge in [0, 0.05) is 0 Å². The molecule has 0 N–H and O–H groups in total. The van der Waals surface area contributed by atoms with Crippen molar-refractivity contribution in [3.8, 4) is 0 Å². The SMILES string of the molecule is CC(C)C[C@@H](C=O)N(OCc1ccccc1)c1ccccc1. The number of anilines is 1. The zero-order chi connectivity index (χ0) is 15.8. The molecule has 0 saturated heterocycles. The van der Waals surface area contributed by atoms with E-state index in [0.717, 1.165) is 24.0 Å². The van der Waals surface area contributed by atoms with Gasteiger partial charge >= 0.3 is 0 Å². The van der Waals surface area contributed by atoms with Crippen LogP contribution in [0.25, 0.3) is 0 Å². The number of nitrogens with zero attached hydrogens (tertiary/aromatic N) is 1. The fourth-order valence-corrected chi connectivity index (χ4v) is 2.34. The molecule has 0 unspecified atom stereocenters. The molecule has 2 aromatic rings. The maximum absolute atomic E-state index is 11.5. The van der Waals surface area contributed by atoms with Crippen molar-refractivity contribution in [1.29, 1.82) is 0 Å². The summed E-state index contributed by atoms with van der Waals surface area (Å²) < 4.78 is 0. The van der Waals surface area contributed by atoms with Gasteiger partial charge in [-0.2, -0.15) is 0 Å². The first kappa shape index (κ1) is 16.2. The molecule has 2 rings (SSSR count). The Bertz CT molecular complexity index is 554. The van der Waals surface area contributed by atoms with Gasteiger partial charge in [-0.05, 0) is 30.0 Å². The van der Waals surface area contributed by atoms with Gasteiger partial charge in [-0.25, -0.2) is 5.06 Å². The third-order valence-corrected chi connectivity index (χ3v) is 3.39. The molecule has 0 aromatic heterocycles. The number of benzene rings is 2. The van der Waals surface area contributed by atoms with E-state index in [1.54, 1.807) is 5.06 Å². The van der Waals surface area contributed by atoms with Gasteiger partial charge in [-0.1, -0.05) is 62.4 Å². The highest BCUT2D eigenvalue weighted by molar-refractivity contribution is 5.64. The van der Waals surface area contributed by atoms with Crippen LogP contribution in [-0.2, 0) is 16.2 Å². The highest BCUT2D eigenvalue weighted by Crippen LogP contribution is 2.21. The molecule has 0 bridgehead atoms. The lowest BCUT2D eigenvalue weighted by Crippen LogP contribution is -2.37. The Morgan fingerprint density at radius 1 is 1.00 bits per heavy atom. The molecule has 0 radical (unpaired) electrons. The van der Waals surface area contributed by atoms with Crippen molar-refractivity contribution in [2.24, 2.45) is 5.92 Å². The average molecular weight is 297 g/mol. The maximum Gasteiger partial charge on any atom is 0.145 e. The van der Waals surface area contributed by atoms with Gasteiger partial charge in [0.05, 0.1) is 12.3 Å². The van der Waals surface area contributed by atoms with E-state index in [1.807, 2.05) is 60.7 Å². The lowest BCUT2D eigenvalue weighted by Gasteiger charge is -2.30. The molecule has 0 fully saturated rings. The maximum atomic E-state index is 11.5. The second-order valence-corrected chi connectivity index (χ2v) is 5.75. The van der Waals surface area contributed by atoms with Crippen LogP contribution in [0.2, 0.25) is 0 Å². The van der Waals surface area contributed by atoms with Crippen molar-refractivity contribution in [2.75, 3.05) is 5.06 Å². The van der Waals surface area contributed by atoms with Gasteiger partial charge in [0.15, 0.2) is 0 Å². The Hall–Kier alpha value is -2.13. The number of hydrogen-bond donors (Lipinski definition) is 0. The summed E-state index contributed by atoms with van der Waals surface area (Å²) in [6, 6.07) is 19.5. The highest BCUT2D eigenvalue weighted by atomic mass is 16.7. The van der Waals surface area contributed by atoms with Crippen molar-refractivity contribution >= 4 is 12.0 Å². The Kier molecular flexibility index (Phi) is 6.16. The predicted molar refractivity (Wildman–Crippen MR) is 89.5 cm³/mol. The van der Waals surface area contributed by atoms with Crippen molar-refractivity contribution in [2.45, 2.75) is 32.9 Å². The van der Waals surface area contributed by atoms with E-state index in [9.17, 15) is 4.79 Å². The summed E-state index contributed by atoms with van der Waals surface area (Å²) >= 11 is 0. The number of carbonyl (C=O) groups is 1. The molecular formula is C19H23NO2. The number of para-hydroxylation sites is 1. The van der Waals surface area contributed by atoms with Crippen LogP contribution in [0, 0.1) is 5.92 Å². The Labute approximate surface area is 132 Å². The van der Waals surface area contributed by atoms with E-state index >= 15 is 0 Å². The summed E-state index contributed by atoms with van der Waals surface area (Å²) in [6.07, 6.45) is 1.73. The minimum atomic E-state index is -0.286. The third-order valence-electron chi connectivity index (χ3n) is 3.39. The van der Waals surface area contributed by atoms with Crippen LogP contribution in [-0.4, -0.2) is 12.3 Å². The minimum absolute atomic E-state index is 0.286. The lowest BCUT2D eigenvalue weighted by atomic mass is 10.0. The third kappa shape index (κ3) is 4.71. The van der Waals surface area contributed by atoms with E-state index in [-0.39, 0.29) is 6.04 Å². The summed E-state index contributed by atoms with van der Waals surface area (Å²) in [6.45, 7) is 4.66. The van der Waals surface area contributed by atoms with Gasteiger partial charge in [0.25, 0.3) is 0 Å². The van der Waals surface area contributed by atoms with Crippen LogP contribution in [0.3, 0.4) is 0 Å².